The van der Waals surface area contributed by atoms with E-state index in [4.69, 9.17) is 9.97 Å². The minimum absolute atomic E-state index is 0.0127. The van der Waals surface area contributed by atoms with Gasteiger partial charge in [0.2, 0.25) is 0 Å². The molecule has 0 unspecified atom stereocenters. The number of hydrogen-bond donors (Lipinski definition) is 0. The summed E-state index contributed by atoms with van der Waals surface area (Å²) in [6, 6.07) is 54.3. The van der Waals surface area contributed by atoms with Crippen LogP contribution < -0.4 is 0 Å². The van der Waals surface area contributed by atoms with Gasteiger partial charge in [0.1, 0.15) is 0 Å². The summed E-state index contributed by atoms with van der Waals surface area (Å²) in [4.78, 5) is 11.3. The molecule has 58 heavy (non-hydrogen) atoms. The smallest absolute Gasteiger partial charge is 0.0801 e. The van der Waals surface area contributed by atoms with Gasteiger partial charge in [-0.05, 0) is 99.4 Å². The van der Waals surface area contributed by atoms with Gasteiger partial charge in [-0.1, -0.05) is 175 Å². The molecule has 0 amide bonds. The Morgan fingerprint density at radius 3 is 1.02 bits per heavy atom. The minimum Gasteiger partial charge on any atom is -0.247 e. The fourth-order valence-corrected chi connectivity index (χ4v) is 10.6. The summed E-state index contributed by atoms with van der Waals surface area (Å²) >= 11 is 0. The second-order valence-corrected chi connectivity index (χ2v) is 18.4. The maximum absolute atomic E-state index is 5.65. The lowest BCUT2D eigenvalue weighted by molar-refractivity contribution is 0.595. The quantitative estimate of drug-likeness (QED) is 0.130. The first-order valence-electron chi connectivity index (χ1n) is 20.6. The molecule has 0 atom stereocenters. The van der Waals surface area contributed by atoms with Crippen LogP contribution in [0, 0.1) is 0 Å². The van der Waals surface area contributed by atoms with Crippen LogP contribution in [0.3, 0.4) is 0 Å². The second kappa shape index (κ2) is 11.5. The van der Waals surface area contributed by atoms with E-state index >= 15 is 0 Å². The van der Waals surface area contributed by atoms with Gasteiger partial charge in [0.25, 0.3) is 0 Å². The van der Waals surface area contributed by atoms with Gasteiger partial charge in [-0.3, -0.25) is 0 Å². The first-order valence-corrected chi connectivity index (χ1v) is 20.6. The van der Waals surface area contributed by atoms with E-state index in [1.54, 1.807) is 0 Å². The van der Waals surface area contributed by atoms with Crippen LogP contribution in [0.15, 0.2) is 146 Å². The summed E-state index contributed by atoms with van der Waals surface area (Å²) in [7, 11) is 0. The van der Waals surface area contributed by atoms with E-state index in [9.17, 15) is 0 Å². The maximum Gasteiger partial charge on any atom is 0.0801 e. The highest BCUT2D eigenvalue weighted by Gasteiger charge is 2.27. The monoisotopic (exact) mass is 742 g/mol. The van der Waals surface area contributed by atoms with Crippen LogP contribution in [-0.4, -0.2) is 9.97 Å². The Bertz CT molecular complexity index is 3440. The molecular weight excluding hydrogens is 701 g/mol. The maximum atomic E-state index is 5.65. The average molecular weight is 743 g/mol. The van der Waals surface area contributed by atoms with Crippen LogP contribution in [0.4, 0.5) is 0 Å². The fourth-order valence-electron chi connectivity index (χ4n) is 10.6. The summed E-state index contributed by atoms with van der Waals surface area (Å²) < 4.78 is 0. The lowest BCUT2D eigenvalue weighted by Gasteiger charge is -2.25. The Morgan fingerprint density at radius 1 is 0.293 bits per heavy atom. The van der Waals surface area contributed by atoms with Gasteiger partial charge in [0, 0.05) is 32.3 Å². The number of benzene rings is 10. The standard InChI is InChI=1S/C56H42N2/c1-55(2,3)43-27-23-37(31-15-7-9-17-33(31)43)47-35-19-11-13-21-39(35)53-49-41(47)25-29-45-51(49)52-46(57-53)30-26-42-48(36-20-12-14-22-40(36)54(58-45)50(42)52)38-24-28-44(56(4,5)6)34-18-10-8-16-32(34)38/h7-30H,1-6H3. The Kier molecular flexibility index (Phi) is 6.63. The molecular formula is C56H42N2. The zero-order chi connectivity index (χ0) is 39.2. The van der Waals surface area contributed by atoms with Gasteiger partial charge in [-0.25, -0.2) is 9.97 Å². The van der Waals surface area contributed by atoms with Gasteiger partial charge < -0.3 is 0 Å². The van der Waals surface area contributed by atoms with E-state index in [0.29, 0.717) is 0 Å². The molecule has 0 aliphatic carbocycles. The summed E-state index contributed by atoms with van der Waals surface area (Å²) in [5.74, 6) is 0. The summed E-state index contributed by atoms with van der Waals surface area (Å²) in [5.41, 5.74) is 11.9. The fraction of sp³-hybridized carbons (Fsp3) is 0.143. The molecule has 2 heterocycles. The second-order valence-electron chi connectivity index (χ2n) is 18.4. The molecule has 12 rings (SSSR count). The van der Waals surface area contributed by atoms with Crippen molar-refractivity contribution in [2.75, 3.05) is 0 Å². The molecule has 0 N–H and O–H groups in total. The number of nitrogens with zero attached hydrogens (tertiary/aromatic N) is 2. The largest absolute Gasteiger partial charge is 0.247 e. The molecule has 10 aromatic carbocycles. The van der Waals surface area contributed by atoms with E-state index < -0.39 is 0 Å². The van der Waals surface area contributed by atoms with E-state index in [1.165, 1.54) is 109 Å². The van der Waals surface area contributed by atoms with Crippen LogP contribution in [0.1, 0.15) is 52.7 Å². The third kappa shape index (κ3) is 4.43. The van der Waals surface area contributed by atoms with Crippen molar-refractivity contribution in [3.05, 3.63) is 157 Å². The molecule has 2 heteroatoms. The van der Waals surface area contributed by atoms with Crippen molar-refractivity contribution in [2.45, 2.75) is 52.4 Å². The van der Waals surface area contributed by atoms with Crippen LogP contribution >= 0.6 is 0 Å². The van der Waals surface area contributed by atoms with Gasteiger partial charge in [-0.2, -0.15) is 0 Å². The highest BCUT2D eigenvalue weighted by Crippen LogP contribution is 2.51. The first-order chi connectivity index (χ1) is 28.1. The molecule has 0 spiro atoms. The molecule has 2 nitrogen and oxygen atoms in total. The van der Waals surface area contributed by atoms with E-state index in [1.807, 2.05) is 0 Å². The number of pyridine rings is 2. The van der Waals surface area contributed by atoms with Crippen molar-refractivity contribution in [2.24, 2.45) is 0 Å². The molecule has 0 aliphatic heterocycles. The highest BCUT2D eigenvalue weighted by atomic mass is 14.7. The number of hydrogen-bond acceptors (Lipinski definition) is 2. The van der Waals surface area contributed by atoms with Gasteiger partial charge in [0.05, 0.1) is 22.1 Å². The molecule has 0 fully saturated rings. The molecule has 0 bridgehead atoms. The van der Waals surface area contributed by atoms with Crippen molar-refractivity contribution >= 4 is 97.5 Å². The lowest BCUT2D eigenvalue weighted by Crippen LogP contribution is -2.11. The molecule has 0 saturated carbocycles. The first kappa shape index (κ1) is 33.5. The van der Waals surface area contributed by atoms with Crippen molar-refractivity contribution < 1.29 is 0 Å². The van der Waals surface area contributed by atoms with Crippen molar-refractivity contribution in [3.8, 4) is 22.3 Å². The Hall–Kier alpha value is -6.64. The van der Waals surface area contributed by atoms with Crippen LogP contribution in [-0.2, 0) is 10.8 Å². The zero-order valence-corrected chi connectivity index (χ0v) is 33.8. The average Bonchev–Trinajstić information content (AvgIpc) is 3.23. The zero-order valence-electron chi connectivity index (χ0n) is 33.8. The normalized spacial score (nSPS) is 13.0. The highest BCUT2D eigenvalue weighted by molar-refractivity contribution is 6.41. The summed E-state index contributed by atoms with van der Waals surface area (Å²) in [6.07, 6.45) is 0. The molecule has 0 radical (unpaired) electrons. The van der Waals surface area contributed by atoms with E-state index in [0.717, 1.165) is 22.1 Å². The van der Waals surface area contributed by atoms with Gasteiger partial charge >= 0.3 is 0 Å². The van der Waals surface area contributed by atoms with Crippen LogP contribution in [0.2, 0.25) is 0 Å². The lowest BCUT2D eigenvalue weighted by atomic mass is 9.80. The predicted octanol–water partition coefficient (Wildman–Crippen LogP) is 15.7. The number of aromatic nitrogens is 2. The topological polar surface area (TPSA) is 25.8 Å². The SMILES string of the molecule is CC(C)(C)c1ccc(-c2c3ccccc3c3nc4ccc5c(-c6ccc(C(C)(C)C)c7ccccc67)c6ccccc6c6nc7ccc2c3c7c4c56)c2ccccc12. The van der Waals surface area contributed by atoms with Crippen molar-refractivity contribution in [1.29, 1.82) is 0 Å². The van der Waals surface area contributed by atoms with Crippen LogP contribution in [0.5, 0.6) is 0 Å². The van der Waals surface area contributed by atoms with Crippen molar-refractivity contribution in [3.63, 3.8) is 0 Å². The molecule has 2 aromatic heterocycles. The molecule has 276 valence electrons. The molecule has 0 aliphatic rings. The van der Waals surface area contributed by atoms with E-state index in [2.05, 4.69) is 187 Å². The number of rotatable bonds is 2. The van der Waals surface area contributed by atoms with Crippen LogP contribution in [0.25, 0.3) is 120 Å². The summed E-state index contributed by atoms with van der Waals surface area (Å²) in [6.45, 7) is 13.9. The third-order valence-electron chi connectivity index (χ3n) is 13.0. The third-order valence-corrected chi connectivity index (χ3v) is 13.0. The Morgan fingerprint density at radius 2 is 0.638 bits per heavy atom. The Balaban J connectivity index is 1.27. The van der Waals surface area contributed by atoms with Gasteiger partial charge in [0.15, 0.2) is 0 Å². The van der Waals surface area contributed by atoms with E-state index in [-0.39, 0.29) is 10.8 Å². The molecule has 12 aromatic rings. The Labute approximate surface area is 337 Å². The number of fused-ring (bicyclic) bond motifs is 6. The van der Waals surface area contributed by atoms with Crippen molar-refractivity contribution in [1.82, 2.24) is 9.97 Å². The molecule has 0 saturated heterocycles. The summed E-state index contributed by atoms with van der Waals surface area (Å²) in [5, 5.41) is 17.2. The predicted molar refractivity (Wildman–Crippen MR) is 250 cm³/mol. The van der Waals surface area contributed by atoms with Gasteiger partial charge in [-0.15, -0.1) is 0 Å². The minimum atomic E-state index is 0.0127.